The van der Waals surface area contributed by atoms with Gasteiger partial charge in [0, 0.05) is 11.9 Å². The molecule has 2 fully saturated rings. The van der Waals surface area contributed by atoms with Crippen molar-refractivity contribution in [2.45, 2.75) is 12.5 Å². The van der Waals surface area contributed by atoms with E-state index in [1.165, 1.54) is 30.6 Å². The van der Waals surface area contributed by atoms with E-state index in [1.54, 1.807) is 0 Å². The van der Waals surface area contributed by atoms with Crippen molar-refractivity contribution in [2.75, 3.05) is 6.54 Å². The van der Waals surface area contributed by atoms with Crippen molar-refractivity contribution in [3.05, 3.63) is 23.6 Å². The van der Waals surface area contributed by atoms with Gasteiger partial charge in [-0.15, -0.1) is 0 Å². The van der Waals surface area contributed by atoms with E-state index in [0.29, 0.717) is 6.04 Å². The number of rotatable bonds is 1. The van der Waals surface area contributed by atoms with Gasteiger partial charge in [-0.2, -0.15) is 0 Å². The number of nitrogens with one attached hydrogen (secondary N) is 1. The van der Waals surface area contributed by atoms with Crippen molar-refractivity contribution in [3.63, 3.8) is 0 Å². The normalized spacial score (nSPS) is 41.2. The van der Waals surface area contributed by atoms with Gasteiger partial charge in [0.1, 0.15) is 0 Å². The van der Waals surface area contributed by atoms with Crippen LogP contribution in [0, 0.1) is 11.8 Å². The Morgan fingerprint density at radius 1 is 1.46 bits per heavy atom. The van der Waals surface area contributed by atoms with E-state index >= 15 is 0 Å². The molecule has 0 aromatic heterocycles. The molecule has 0 amide bonds. The van der Waals surface area contributed by atoms with Crippen LogP contribution in [-0.2, 0) is 0 Å². The maximum absolute atomic E-state index is 4.48. The van der Waals surface area contributed by atoms with E-state index in [-0.39, 0.29) is 0 Å². The van der Waals surface area contributed by atoms with Crippen LogP contribution in [0.25, 0.3) is 0 Å². The third kappa shape index (κ3) is 1.36. The Hall–Kier alpha value is -0.540. The fourth-order valence-corrected chi connectivity index (χ4v) is 2.70. The molecule has 1 N–H and O–H groups in total. The lowest BCUT2D eigenvalue weighted by atomic mass is 10.1. The largest absolute Gasteiger partial charge is 0.308 e. The predicted molar refractivity (Wildman–Crippen MR) is 56.7 cm³/mol. The van der Waals surface area contributed by atoms with Crippen LogP contribution in [0.3, 0.4) is 0 Å². The molecule has 1 saturated carbocycles. The minimum Gasteiger partial charge on any atom is -0.308 e. The van der Waals surface area contributed by atoms with E-state index in [1.807, 2.05) is 11.5 Å². The summed E-state index contributed by atoms with van der Waals surface area (Å²) in [6, 6.07) is 0.536. The van der Waals surface area contributed by atoms with Gasteiger partial charge in [-0.25, -0.2) is 4.40 Å². The molecule has 0 bridgehead atoms. The summed E-state index contributed by atoms with van der Waals surface area (Å²) in [5.41, 5.74) is 1.22. The van der Waals surface area contributed by atoms with Crippen LogP contribution < -0.4 is 5.32 Å². The minimum absolute atomic E-state index is 0.536. The lowest BCUT2D eigenvalue weighted by molar-refractivity contribution is 0.660. The van der Waals surface area contributed by atoms with E-state index in [2.05, 4.69) is 21.9 Å². The topological polar surface area (TPSA) is 24.4 Å². The Bertz CT molecular complexity index is 306. The first-order valence-corrected chi connectivity index (χ1v) is 5.59. The molecule has 0 aromatic carbocycles. The number of hydrogen-bond acceptors (Lipinski definition) is 3. The highest BCUT2D eigenvalue weighted by molar-refractivity contribution is 8.01. The lowest BCUT2D eigenvalue weighted by Gasteiger charge is -2.12. The smallest absolute Gasteiger partial charge is 0.0663 e. The Kier molecular flexibility index (Phi) is 1.80. The van der Waals surface area contributed by atoms with Crippen molar-refractivity contribution in [2.24, 2.45) is 16.2 Å². The van der Waals surface area contributed by atoms with E-state index < -0.39 is 0 Å². The molecule has 1 aliphatic carbocycles. The second-order valence-corrected chi connectivity index (χ2v) is 4.52. The maximum Gasteiger partial charge on any atom is 0.0663 e. The molecule has 3 rings (SSSR count). The summed E-state index contributed by atoms with van der Waals surface area (Å²) in [7, 11) is 0. The molecule has 0 radical (unpaired) electrons. The second kappa shape index (κ2) is 3.00. The summed E-state index contributed by atoms with van der Waals surface area (Å²) >= 11 is 1.54. The molecular formula is C10H12N2S. The van der Waals surface area contributed by atoms with Gasteiger partial charge in [-0.3, -0.25) is 0 Å². The zero-order chi connectivity index (χ0) is 8.67. The first kappa shape index (κ1) is 7.83. The molecular weight excluding hydrogens is 180 g/mol. The molecule has 13 heavy (non-hydrogen) atoms. The summed E-state index contributed by atoms with van der Waals surface area (Å²) in [6.45, 7) is 1.19. The van der Waals surface area contributed by atoms with Crippen LogP contribution in [0.1, 0.15) is 6.42 Å². The van der Waals surface area contributed by atoms with Crippen LogP contribution >= 0.6 is 11.9 Å². The first-order valence-electron chi connectivity index (χ1n) is 4.75. The van der Waals surface area contributed by atoms with Crippen molar-refractivity contribution in [3.8, 4) is 0 Å². The minimum atomic E-state index is 0.536. The molecule has 3 atom stereocenters. The van der Waals surface area contributed by atoms with Gasteiger partial charge < -0.3 is 5.32 Å². The van der Waals surface area contributed by atoms with Gasteiger partial charge in [0.25, 0.3) is 0 Å². The van der Waals surface area contributed by atoms with Gasteiger partial charge in [-0.05, 0) is 36.3 Å². The van der Waals surface area contributed by atoms with E-state index in [0.717, 1.165) is 11.8 Å². The molecule has 3 aliphatic rings. The number of nitrogens with zero attached hydrogens (tertiary/aromatic N) is 1. The van der Waals surface area contributed by atoms with Crippen molar-refractivity contribution in [1.29, 1.82) is 0 Å². The number of allylic oxidation sites excluding steroid dienone is 2. The second-order valence-electron chi connectivity index (χ2n) is 3.85. The number of hydrogen-bond donors (Lipinski definition) is 1. The lowest BCUT2D eigenvalue weighted by Crippen LogP contribution is -2.33. The predicted octanol–water partition coefficient (Wildman–Crippen LogP) is 1.77. The summed E-state index contributed by atoms with van der Waals surface area (Å²) in [4.78, 5) is 0. The summed E-state index contributed by atoms with van der Waals surface area (Å²) in [5.74, 6) is 1.82. The zero-order valence-corrected chi connectivity index (χ0v) is 8.13. The van der Waals surface area contributed by atoms with Crippen molar-refractivity contribution >= 4 is 17.7 Å². The Balaban J connectivity index is 1.80. The Labute approximate surface area is 82.3 Å². The SMILES string of the molecule is C1=CSN=C(C2NCC3CC32)C=C1. The summed E-state index contributed by atoms with van der Waals surface area (Å²) < 4.78 is 4.48. The van der Waals surface area contributed by atoms with Crippen LogP contribution in [-0.4, -0.2) is 18.3 Å². The van der Waals surface area contributed by atoms with Gasteiger partial charge in [0.15, 0.2) is 0 Å². The Morgan fingerprint density at radius 2 is 2.46 bits per heavy atom. The average molecular weight is 192 g/mol. The zero-order valence-electron chi connectivity index (χ0n) is 7.31. The van der Waals surface area contributed by atoms with Crippen molar-refractivity contribution in [1.82, 2.24) is 5.32 Å². The third-order valence-electron chi connectivity index (χ3n) is 3.00. The molecule has 2 nitrogen and oxygen atoms in total. The highest BCUT2D eigenvalue weighted by Crippen LogP contribution is 2.45. The summed E-state index contributed by atoms with van der Waals surface area (Å²) in [5, 5.41) is 5.55. The molecule has 68 valence electrons. The van der Waals surface area contributed by atoms with Gasteiger partial charge in [0.2, 0.25) is 0 Å². The number of fused-ring (bicyclic) bond motifs is 1. The fourth-order valence-electron chi connectivity index (χ4n) is 2.18. The number of piperidine rings is 1. The third-order valence-corrected chi connectivity index (χ3v) is 3.59. The molecule has 0 spiro atoms. The molecule has 0 aromatic rings. The molecule has 2 aliphatic heterocycles. The van der Waals surface area contributed by atoms with E-state index in [9.17, 15) is 0 Å². The monoisotopic (exact) mass is 192 g/mol. The van der Waals surface area contributed by atoms with Crippen LogP contribution in [0.15, 0.2) is 28.0 Å². The Morgan fingerprint density at radius 3 is 3.23 bits per heavy atom. The maximum atomic E-state index is 4.48. The van der Waals surface area contributed by atoms with Crippen LogP contribution in [0.2, 0.25) is 0 Å². The molecule has 3 unspecified atom stereocenters. The standard InChI is InChI=1S/C10H12N2S/c1-2-4-13-12-9(3-1)10-8-5-7(8)6-11-10/h1-4,7-8,10-11H,5-6H2. The summed E-state index contributed by atoms with van der Waals surface area (Å²) in [6.07, 6.45) is 7.66. The van der Waals surface area contributed by atoms with Gasteiger partial charge in [0.05, 0.1) is 11.8 Å². The van der Waals surface area contributed by atoms with E-state index in [4.69, 9.17) is 0 Å². The van der Waals surface area contributed by atoms with Crippen molar-refractivity contribution < 1.29 is 0 Å². The first-order chi connectivity index (χ1) is 6.45. The van der Waals surface area contributed by atoms with Crippen LogP contribution in [0.4, 0.5) is 0 Å². The molecule has 3 heteroatoms. The van der Waals surface area contributed by atoms with Gasteiger partial charge >= 0.3 is 0 Å². The molecule has 1 saturated heterocycles. The average Bonchev–Trinajstić information content (AvgIpc) is 2.88. The molecule has 2 heterocycles. The highest BCUT2D eigenvalue weighted by Gasteiger charge is 2.49. The quantitative estimate of drug-likeness (QED) is 0.640. The van der Waals surface area contributed by atoms with Crippen LogP contribution in [0.5, 0.6) is 0 Å². The van der Waals surface area contributed by atoms with Gasteiger partial charge in [-0.1, -0.05) is 12.2 Å². The highest BCUT2D eigenvalue weighted by atomic mass is 32.2. The fraction of sp³-hybridized carbons (Fsp3) is 0.500.